The summed E-state index contributed by atoms with van der Waals surface area (Å²) >= 11 is 1.37. The van der Waals surface area contributed by atoms with E-state index in [1.165, 1.54) is 11.3 Å². The number of benzene rings is 1. The highest BCUT2D eigenvalue weighted by atomic mass is 32.1. The van der Waals surface area contributed by atoms with E-state index in [0.717, 1.165) is 23.3 Å². The molecule has 1 fully saturated rings. The average molecular weight is 374 g/mol. The highest BCUT2D eigenvalue weighted by molar-refractivity contribution is 7.14. The lowest BCUT2D eigenvalue weighted by Crippen LogP contribution is -2.31. The van der Waals surface area contributed by atoms with Crippen molar-refractivity contribution in [3.63, 3.8) is 0 Å². The fourth-order valence-corrected chi connectivity index (χ4v) is 4.32. The van der Waals surface area contributed by atoms with Gasteiger partial charge in [-0.15, -0.1) is 11.3 Å². The third-order valence-corrected chi connectivity index (χ3v) is 5.80. The lowest BCUT2D eigenvalue weighted by Gasteiger charge is -2.24. The van der Waals surface area contributed by atoms with E-state index in [4.69, 9.17) is 15.2 Å². The van der Waals surface area contributed by atoms with Gasteiger partial charge < -0.3 is 20.1 Å². The van der Waals surface area contributed by atoms with Crippen LogP contribution in [0.2, 0.25) is 0 Å². The number of primary amides is 1. The number of nitrogens with two attached hydrogens (primary N) is 1. The van der Waals surface area contributed by atoms with E-state index in [-0.39, 0.29) is 18.4 Å². The van der Waals surface area contributed by atoms with Gasteiger partial charge in [0.25, 0.3) is 5.91 Å². The second-order valence-corrected chi connectivity index (χ2v) is 7.28. The normalized spacial score (nSPS) is 16.5. The Bertz CT molecular complexity index is 818. The molecule has 2 N–H and O–H groups in total. The zero-order valence-corrected chi connectivity index (χ0v) is 15.7. The first-order valence-electron chi connectivity index (χ1n) is 8.43. The molecule has 26 heavy (non-hydrogen) atoms. The number of methoxy groups -OCH3 is 2. The number of hydrogen-bond acceptors (Lipinski definition) is 5. The molecule has 7 heteroatoms. The summed E-state index contributed by atoms with van der Waals surface area (Å²) in [5.74, 6) is 0.962. The first-order chi connectivity index (χ1) is 12.5. The number of rotatable bonds is 6. The highest BCUT2D eigenvalue weighted by Crippen LogP contribution is 2.36. The lowest BCUT2D eigenvalue weighted by atomic mass is 10.1. The molecule has 1 aliphatic rings. The minimum atomic E-state index is -0.432. The van der Waals surface area contributed by atoms with Crippen molar-refractivity contribution in [1.82, 2.24) is 4.90 Å². The molecule has 1 aliphatic heterocycles. The standard InChI is InChI=1S/C19H22N2O4S/c1-24-13-5-6-15(25-2)12(10-13)11-18(22)21-9-3-4-14(21)16-7-8-17(26-16)19(20)23/h5-8,10,14H,3-4,9,11H2,1-2H3,(H2,20,23)/t14-/m0/s1. The maximum atomic E-state index is 12.9. The van der Waals surface area contributed by atoms with Crippen LogP contribution in [-0.4, -0.2) is 37.5 Å². The molecule has 0 bridgehead atoms. The first kappa shape index (κ1) is 18.3. The van der Waals surface area contributed by atoms with Crippen LogP contribution < -0.4 is 15.2 Å². The summed E-state index contributed by atoms with van der Waals surface area (Å²) in [4.78, 5) is 27.7. The van der Waals surface area contributed by atoms with Crippen LogP contribution >= 0.6 is 11.3 Å². The molecule has 1 aromatic heterocycles. The molecule has 1 aromatic carbocycles. The number of thiophene rings is 1. The number of ether oxygens (including phenoxy) is 2. The maximum Gasteiger partial charge on any atom is 0.258 e. The Balaban J connectivity index is 1.79. The second-order valence-electron chi connectivity index (χ2n) is 6.17. The Morgan fingerprint density at radius 3 is 2.69 bits per heavy atom. The van der Waals surface area contributed by atoms with E-state index in [1.807, 2.05) is 23.1 Å². The van der Waals surface area contributed by atoms with Gasteiger partial charge in [0, 0.05) is 17.0 Å². The summed E-state index contributed by atoms with van der Waals surface area (Å²) in [6.07, 6.45) is 2.07. The molecule has 3 rings (SSSR count). The van der Waals surface area contributed by atoms with Crippen molar-refractivity contribution < 1.29 is 19.1 Å². The third kappa shape index (κ3) is 3.67. The summed E-state index contributed by atoms with van der Waals surface area (Å²) in [5, 5.41) is 0. The molecule has 0 radical (unpaired) electrons. The number of carbonyl (C=O) groups is 2. The quantitative estimate of drug-likeness (QED) is 0.843. The third-order valence-electron chi connectivity index (χ3n) is 4.60. The van der Waals surface area contributed by atoms with Crippen LogP contribution in [0.1, 0.15) is 39.0 Å². The predicted octanol–water partition coefficient (Wildman–Crippen LogP) is 2.77. The van der Waals surface area contributed by atoms with Gasteiger partial charge in [-0.25, -0.2) is 0 Å². The van der Waals surface area contributed by atoms with Gasteiger partial charge in [0.05, 0.1) is 31.6 Å². The monoisotopic (exact) mass is 374 g/mol. The van der Waals surface area contributed by atoms with Crippen molar-refractivity contribution in [1.29, 1.82) is 0 Å². The highest BCUT2D eigenvalue weighted by Gasteiger charge is 2.31. The summed E-state index contributed by atoms with van der Waals surface area (Å²) < 4.78 is 10.6. The lowest BCUT2D eigenvalue weighted by molar-refractivity contribution is -0.131. The van der Waals surface area contributed by atoms with Gasteiger partial charge in [0.15, 0.2) is 0 Å². The Morgan fingerprint density at radius 2 is 2.04 bits per heavy atom. The molecule has 138 valence electrons. The van der Waals surface area contributed by atoms with Crippen molar-refractivity contribution in [3.05, 3.63) is 45.6 Å². The van der Waals surface area contributed by atoms with Gasteiger partial charge in [-0.2, -0.15) is 0 Å². The largest absolute Gasteiger partial charge is 0.497 e. The summed E-state index contributed by atoms with van der Waals surface area (Å²) in [5.41, 5.74) is 6.14. The molecule has 2 amide bonds. The van der Waals surface area contributed by atoms with Gasteiger partial charge >= 0.3 is 0 Å². The Morgan fingerprint density at radius 1 is 1.23 bits per heavy atom. The molecular weight excluding hydrogens is 352 g/mol. The molecule has 2 aromatic rings. The van der Waals surface area contributed by atoms with Crippen molar-refractivity contribution in [2.75, 3.05) is 20.8 Å². The first-order valence-corrected chi connectivity index (χ1v) is 9.25. The van der Waals surface area contributed by atoms with Crippen LogP contribution in [0.15, 0.2) is 30.3 Å². The van der Waals surface area contributed by atoms with Gasteiger partial charge in [0.2, 0.25) is 5.91 Å². The van der Waals surface area contributed by atoms with E-state index in [2.05, 4.69) is 0 Å². The van der Waals surface area contributed by atoms with Crippen LogP contribution in [0.4, 0.5) is 0 Å². The van der Waals surface area contributed by atoms with Gasteiger partial charge in [-0.3, -0.25) is 9.59 Å². The van der Waals surface area contributed by atoms with Crippen LogP contribution in [-0.2, 0) is 11.2 Å². The summed E-state index contributed by atoms with van der Waals surface area (Å²) in [7, 11) is 3.18. The minimum absolute atomic E-state index is 0.00259. The number of likely N-dealkylation sites (tertiary alicyclic amines) is 1. The minimum Gasteiger partial charge on any atom is -0.497 e. The van der Waals surface area contributed by atoms with Crippen molar-refractivity contribution in [3.8, 4) is 11.5 Å². The van der Waals surface area contributed by atoms with E-state index in [1.54, 1.807) is 26.4 Å². The van der Waals surface area contributed by atoms with Gasteiger partial charge in [-0.1, -0.05) is 0 Å². The van der Waals surface area contributed by atoms with E-state index < -0.39 is 5.91 Å². The van der Waals surface area contributed by atoms with E-state index >= 15 is 0 Å². The smallest absolute Gasteiger partial charge is 0.258 e. The predicted molar refractivity (Wildman–Crippen MR) is 99.8 cm³/mol. The topological polar surface area (TPSA) is 81.9 Å². The maximum absolute atomic E-state index is 12.9. The van der Waals surface area contributed by atoms with Crippen molar-refractivity contribution in [2.45, 2.75) is 25.3 Å². The van der Waals surface area contributed by atoms with Crippen LogP contribution in [0, 0.1) is 0 Å². The van der Waals surface area contributed by atoms with Crippen LogP contribution in [0.5, 0.6) is 11.5 Å². The SMILES string of the molecule is COc1ccc(OC)c(CC(=O)N2CCC[C@H]2c2ccc(C(N)=O)s2)c1. The van der Waals surface area contributed by atoms with Crippen molar-refractivity contribution >= 4 is 23.2 Å². The van der Waals surface area contributed by atoms with Crippen LogP contribution in [0.3, 0.4) is 0 Å². The Kier molecular flexibility index (Phi) is 5.46. The Labute approximate surface area is 156 Å². The zero-order valence-electron chi connectivity index (χ0n) is 14.9. The molecule has 1 atom stereocenters. The Hall–Kier alpha value is -2.54. The number of carbonyl (C=O) groups excluding carboxylic acids is 2. The molecule has 1 saturated heterocycles. The van der Waals surface area contributed by atoms with Crippen LogP contribution in [0.25, 0.3) is 0 Å². The second kappa shape index (κ2) is 7.78. The fraction of sp³-hybridized carbons (Fsp3) is 0.368. The number of hydrogen-bond donors (Lipinski definition) is 1. The molecule has 0 unspecified atom stereocenters. The number of nitrogens with zero attached hydrogens (tertiary/aromatic N) is 1. The molecule has 2 heterocycles. The molecule has 0 aliphatic carbocycles. The van der Waals surface area contributed by atoms with Gasteiger partial charge in [0.1, 0.15) is 11.5 Å². The summed E-state index contributed by atoms with van der Waals surface area (Å²) in [6, 6.07) is 9.07. The zero-order chi connectivity index (χ0) is 18.7. The molecule has 6 nitrogen and oxygen atoms in total. The van der Waals surface area contributed by atoms with E-state index in [0.29, 0.717) is 22.9 Å². The fourth-order valence-electron chi connectivity index (χ4n) is 3.31. The molecular formula is C19H22N2O4S. The van der Waals surface area contributed by atoms with E-state index in [9.17, 15) is 9.59 Å². The average Bonchev–Trinajstić information content (AvgIpc) is 3.30. The summed E-state index contributed by atoms with van der Waals surface area (Å²) in [6.45, 7) is 0.708. The molecule has 0 spiro atoms. The number of amides is 2. The van der Waals surface area contributed by atoms with Crippen molar-refractivity contribution in [2.24, 2.45) is 5.73 Å². The van der Waals surface area contributed by atoms with Gasteiger partial charge in [-0.05, 0) is 43.2 Å². The molecule has 0 saturated carbocycles.